The van der Waals surface area contributed by atoms with Crippen molar-refractivity contribution >= 4 is 5.91 Å². The van der Waals surface area contributed by atoms with Crippen molar-refractivity contribution in [3.05, 3.63) is 65.0 Å². The lowest BCUT2D eigenvalue weighted by Gasteiger charge is -2.15. The molecule has 2 rings (SSSR count). The lowest BCUT2D eigenvalue weighted by molar-refractivity contribution is 0.0827. The van der Waals surface area contributed by atoms with Gasteiger partial charge in [-0.1, -0.05) is 6.07 Å². The monoisotopic (exact) mass is 317 g/mol. The first kappa shape index (κ1) is 17.0. The van der Waals surface area contributed by atoms with Gasteiger partial charge in [-0.25, -0.2) is 4.39 Å². The van der Waals surface area contributed by atoms with E-state index in [1.807, 2.05) is 0 Å². The smallest absolute Gasteiger partial charge is 0.253 e. The third-order valence-corrected chi connectivity index (χ3v) is 3.51. The van der Waals surface area contributed by atoms with Gasteiger partial charge in [0.2, 0.25) is 0 Å². The van der Waals surface area contributed by atoms with Crippen molar-refractivity contribution in [1.29, 1.82) is 0 Å². The standard InChI is InChI=1S/C18H20FNO3/c1-12-10-14(19)6-9-16(12)17(21)11-23-15-7-4-13(5-8-15)18(22)20(2)3/h4-10,17,21H,11H2,1-3H3. The minimum atomic E-state index is -0.848. The number of carbonyl (C=O) groups is 1. The van der Waals surface area contributed by atoms with Crippen LogP contribution >= 0.6 is 0 Å². The summed E-state index contributed by atoms with van der Waals surface area (Å²) in [7, 11) is 3.38. The summed E-state index contributed by atoms with van der Waals surface area (Å²) in [6.07, 6.45) is -0.848. The first-order chi connectivity index (χ1) is 10.9. The van der Waals surface area contributed by atoms with Gasteiger partial charge in [-0.15, -0.1) is 0 Å². The Bertz CT molecular complexity index is 683. The number of hydrogen-bond acceptors (Lipinski definition) is 3. The van der Waals surface area contributed by atoms with Crippen molar-refractivity contribution in [2.45, 2.75) is 13.0 Å². The third kappa shape index (κ3) is 4.29. The van der Waals surface area contributed by atoms with Gasteiger partial charge in [0.15, 0.2) is 0 Å². The molecule has 0 aromatic heterocycles. The molecule has 0 radical (unpaired) electrons. The van der Waals surface area contributed by atoms with Crippen LogP contribution in [0.25, 0.3) is 0 Å². The van der Waals surface area contributed by atoms with E-state index in [2.05, 4.69) is 0 Å². The summed E-state index contributed by atoms with van der Waals surface area (Å²) in [6.45, 7) is 1.79. The fourth-order valence-electron chi connectivity index (χ4n) is 2.23. The highest BCUT2D eigenvalue weighted by Gasteiger charge is 2.12. The number of nitrogens with zero attached hydrogens (tertiary/aromatic N) is 1. The van der Waals surface area contributed by atoms with Crippen LogP contribution in [0.5, 0.6) is 5.75 Å². The molecule has 1 unspecified atom stereocenters. The fourth-order valence-corrected chi connectivity index (χ4v) is 2.23. The third-order valence-electron chi connectivity index (χ3n) is 3.51. The van der Waals surface area contributed by atoms with E-state index in [1.54, 1.807) is 51.4 Å². The molecule has 0 bridgehead atoms. The number of aryl methyl sites for hydroxylation is 1. The summed E-state index contributed by atoms with van der Waals surface area (Å²) in [5, 5.41) is 10.2. The maximum Gasteiger partial charge on any atom is 0.253 e. The number of carbonyl (C=O) groups excluding carboxylic acids is 1. The van der Waals surface area contributed by atoms with Gasteiger partial charge in [0, 0.05) is 19.7 Å². The molecule has 1 atom stereocenters. The number of halogens is 1. The Hall–Kier alpha value is -2.40. The first-order valence-corrected chi connectivity index (χ1v) is 7.27. The summed E-state index contributed by atoms with van der Waals surface area (Å²) in [5.74, 6) is 0.137. The minimum absolute atomic E-state index is 0.0491. The maximum atomic E-state index is 13.1. The van der Waals surface area contributed by atoms with Gasteiger partial charge in [-0.05, 0) is 54.4 Å². The van der Waals surface area contributed by atoms with Crippen molar-refractivity contribution < 1.29 is 19.0 Å². The molecule has 0 saturated carbocycles. The van der Waals surface area contributed by atoms with Crippen molar-refractivity contribution in [2.24, 2.45) is 0 Å². The molecule has 0 spiro atoms. The minimum Gasteiger partial charge on any atom is -0.491 e. The average Bonchev–Trinajstić information content (AvgIpc) is 2.52. The molecular formula is C18H20FNO3. The molecule has 0 aliphatic rings. The van der Waals surface area contributed by atoms with Crippen LogP contribution < -0.4 is 4.74 Å². The Kier molecular flexibility index (Phi) is 5.34. The number of benzene rings is 2. The van der Waals surface area contributed by atoms with E-state index in [0.717, 1.165) is 0 Å². The Balaban J connectivity index is 1.99. The van der Waals surface area contributed by atoms with Crippen molar-refractivity contribution in [3.8, 4) is 5.75 Å². The molecule has 122 valence electrons. The van der Waals surface area contributed by atoms with Gasteiger partial charge < -0.3 is 14.7 Å². The molecule has 0 heterocycles. The summed E-state index contributed by atoms with van der Waals surface area (Å²) in [5.41, 5.74) is 1.87. The number of rotatable bonds is 5. The van der Waals surface area contributed by atoms with Gasteiger partial charge >= 0.3 is 0 Å². The summed E-state index contributed by atoms with van der Waals surface area (Å²) < 4.78 is 18.6. The van der Waals surface area contributed by atoms with E-state index in [1.165, 1.54) is 17.0 Å². The van der Waals surface area contributed by atoms with Crippen molar-refractivity contribution in [3.63, 3.8) is 0 Å². The van der Waals surface area contributed by atoms with Crippen LogP contribution in [0.4, 0.5) is 4.39 Å². The average molecular weight is 317 g/mol. The van der Waals surface area contributed by atoms with E-state index in [-0.39, 0.29) is 18.3 Å². The van der Waals surface area contributed by atoms with Crippen LogP contribution in [0.2, 0.25) is 0 Å². The predicted octanol–water partition coefficient (Wildman–Crippen LogP) is 2.95. The molecule has 4 nitrogen and oxygen atoms in total. The number of aliphatic hydroxyl groups is 1. The molecule has 0 aliphatic heterocycles. The second kappa shape index (κ2) is 7.24. The Morgan fingerprint density at radius 3 is 2.43 bits per heavy atom. The van der Waals surface area contributed by atoms with E-state index >= 15 is 0 Å². The highest BCUT2D eigenvalue weighted by Crippen LogP contribution is 2.21. The molecule has 0 aliphatic carbocycles. The summed E-state index contributed by atoms with van der Waals surface area (Å²) >= 11 is 0. The number of ether oxygens (including phenoxy) is 1. The van der Waals surface area contributed by atoms with E-state index < -0.39 is 6.10 Å². The van der Waals surface area contributed by atoms with Crippen LogP contribution in [0, 0.1) is 12.7 Å². The van der Waals surface area contributed by atoms with Gasteiger partial charge in [-0.3, -0.25) is 4.79 Å². The Labute approximate surface area is 135 Å². The fraction of sp³-hybridized carbons (Fsp3) is 0.278. The molecular weight excluding hydrogens is 297 g/mol. The lowest BCUT2D eigenvalue weighted by Crippen LogP contribution is -2.21. The largest absolute Gasteiger partial charge is 0.491 e. The zero-order chi connectivity index (χ0) is 17.0. The molecule has 23 heavy (non-hydrogen) atoms. The van der Waals surface area contributed by atoms with Crippen LogP contribution in [-0.4, -0.2) is 36.6 Å². The summed E-state index contributed by atoms with van der Waals surface area (Å²) in [6, 6.07) is 11.0. The van der Waals surface area contributed by atoms with Gasteiger partial charge in [0.25, 0.3) is 5.91 Å². The molecule has 2 aromatic rings. The Morgan fingerprint density at radius 2 is 1.87 bits per heavy atom. The van der Waals surface area contributed by atoms with Crippen LogP contribution in [0.15, 0.2) is 42.5 Å². The molecule has 0 saturated heterocycles. The predicted molar refractivity (Wildman–Crippen MR) is 86.1 cm³/mol. The van der Waals surface area contributed by atoms with Crippen molar-refractivity contribution in [2.75, 3.05) is 20.7 Å². The summed E-state index contributed by atoms with van der Waals surface area (Å²) in [4.78, 5) is 13.3. The molecule has 5 heteroatoms. The van der Waals surface area contributed by atoms with Crippen LogP contribution in [-0.2, 0) is 0 Å². The zero-order valence-electron chi connectivity index (χ0n) is 13.4. The maximum absolute atomic E-state index is 13.1. The lowest BCUT2D eigenvalue weighted by atomic mass is 10.0. The molecule has 0 fully saturated rings. The van der Waals surface area contributed by atoms with E-state index in [4.69, 9.17) is 4.74 Å². The van der Waals surface area contributed by atoms with Gasteiger partial charge in [0.1, 0.15) is 24.3 Å². The number of aliphatic hydroxyl groups excluding tert-OH is 1. The normalized spacial score (nSPS) is 11.9. The van der Waals surface area contributed by atoms with Crippen LogP contribution in [0.3, 0.4) is 0 Å². The second-order valence-corrected chi connectivity index (χ2v) is 5.55. The molecule has 1 amide bonds. The molecule has 1 N–H and O–H groups in total. The highest BCUT2D eigenvalue weighted by molar-refractivity contribution is 5.93. The van der Waals surface area contributed by atoms with Crippen molar-refractivity contribution in [1.82, 2.24) is 4.90 Å². The Morgan fingerprint density at radius 1 is 1.22 bits per heavy atom. The SMILES string of the molecule is Cc1cc(F)ccc1C(O)COc1ccc(C(=O)N(C)C)cc1. The van der Waals surface area contributed by atoms with E-state index in [9.17, 15) is 14.3 Å². The second-order valence-electron chi connectivity index (χ2n) is 5.55. The van der Waals surface area contributed by atoms with Crippen LogP contribution in [0.1, 0.15) is 27.6 Å². The quantitative estimate of drug-likeness (QED) is 0.922. The van der Waals surface area contributed by atoms with Gasteiger partial charge in [-0.2, -0.15) is 0 Å². The number of hydrogen-bond donors (Lipinski definition) is 1. The zero-order valence-corrected chi connectivity index (χ0v) is 13.4. The van der Waals surface area contributed by atoms with E-state index in [0.29, 0.717) is 22.4 Å². The topological polar surface area (TPSA) is 49.8 Å². The highest BCUT2D eigenvalue weighted by atomic mass is 19.1. The molecule has 2 aromatic carbocycles. The van der Waals surface area contributed by atoms with Gasteiger partial charge in [0.05, 0.1) is 0 Å². The first-order valence-electron chi connectivity index (χ1n) is 7.27. The number of amides is 1.